The molecular formula is C10H8FNO2. The summed E-state index contributed by atoms with van der Waals surface area (Å²) in [6.07, 6.45) is 0. The Morgan fingerprint density at radius 1 is 1.57 bits per heavy atom. The molecular weight excluding hydrogens is 185 g/mol. The molecule has 3 nitrogen and oxygen atoms in total. The van der Waals surface area contributed by atoms with Crippen LogP contribution in [0.15, 0.2) is 18.2 Å². The van der Waals surface area contributed by atoms with Gasteiger partial charge < -0.3 is 10.8 Å². The molecule has 0 aliphatic rings. The molecule has 0 aromatic heterocycles. The van der Waals surface area contributed by atoms with Crippen LogP contribution in [0.2, 0.25) is 0 Å². The van der Waals surface area contributed by atoms with Gasteiger partial charge in [-0.3, -0.25) is 0 Å². The van der Waals surface area contributed by atoms with Crippen LogP contribution in [0.4, 0.5) is 4.39 Å². The van der Waals surface area contributed by atoms with Crippen molar-refractivity contribution in [2.45, 2.75) is 0 Å². The van der Waals surface area contributed by atoms with Gasteiger partial charge in [-0.15, -0.1) is 0 Å². The predicted octanol–water partition coefficient (Wildman–Crippen LogP) is 0.834. The molecule has 0 saturated heterocycles. The lowest BCUT2D eigenvalue weighted by molar-refractivity contribution is 0.0696. The summed E-state index contributed by atoms with van der Waals surface area (Å²) in [5.74, 6) is 3.17. The third-order valence-corrected chi connectivity index (χ3v) is 1.54. The molecule has 0 radical (unpaired) electrons. The number of hydrogen-bond donors (Lipinski definition) is 2. The normalized spacial score (nSPS) is 9.00. The molecule has 3 N–H and O–H groups in total. The van der Waals surface area contributed by atoms with Crippen molar-refractivity contribution in [2.75, 3.05) is 6.54 Å². The highest BCUT2D eigenvalue weighted by Crippen LogP contribution is 2.09. The minimum absolute atomic E-state index is 0.0965. The number of carboxylic acids is 1. The van der Waals surface area contributed by atoms with Crippen LogP contribution < -0.4 is 5.73 Å². The van der Waals surface area contributed by atoms with E-state index in [0.29, 0.717) is 0 Å². The number of hydrogen-bond acceptors (Lipinski definition) is 2. The van der Waals surface area contributed by atoms with Gasteiger partial charge in [-0.1, -0.05) is 11.8 Å². The summed E-state index contributed by atoms with van der Waals surface area (Å²) >= 11 is 0. The average molecular weight is 193 g/mol. The molecule has 0 unspecified atom stereocenters. The summed E-state index contributed by atoms with van der Waals surface area (Å²) in [6, 6.07) is 3.55. The van der Waals surface area contributed by atoms with Crippen molar-refractivity contribution in [2.24, 2.45) is 5.73 Å². The minimum atomic E-state index is -1.16. The van der Waals surface area contributed by atoms with Crippen LogP contribution in [-0.2, 0) is 0 Å². The van der Waals surface area contributed by atoms with Gasteiger partial charge >= 0.3 is 5.97 Å². The van der Waals surface area contributed by atoms with Gasteiger partial charge in [0.1, 0.15) is 5.82 Å². The molecule has 0 fully saturated rings. The highest BCUT2D eigenvalue weighted by atomic mass is 19.1. The van der Waals surface area contributed by atoms with Gasteiger partial charge in [0.2, 0.25) is 0 Å². The van der Waals surface area contributed by atoms with Crippen molar-refractivity contribution in [1.29, 1.82) is 0 Å². The Hall–Kier alpha value is -1.86. The first kappa shape index (κ1) is 10.2. The zero-order valence-electron chi connectivity index (χ0n) is 7.25. The van der Waals surface area contributed by atoms with E-state index in [9.17, 15) is 9.18 Å². The molecule has 1 aromatic rings. The summed E-state index contributed by atoms with van der Waals surface area (Å²) in [6.45, 7) is 0.139. The predicted molar refractivity (Wildman–Crippen MR) is 49.3 cm³/mol. The maximum atomic E-state index is 13.1. The largest absolute Gasteiger partial charge is 0.478 e. The van der Waals surface area contributed by atoms with Crippen molar-refractivity contribution in [3.05, 3.63) is 35.1 Å². The number of aromatic carboxylic acids is 1. The molecule has 0 saturated carbocycles. The molecule has 0 amide bonds. The minimum Gasteiger partial charge on any atom is -0.478 e. The fourth-order valence-corrected chi connectivity index (χ4v) is 0.896. The first-order chi connectivity index (χ1) is 6.65. The van der Waals surface area contributed by atoms with E-state index in [2.05, 4.69) is 11.8 Å². The molecule has 0 aliphatic carbocycles. The molecule has 0 aliphatic heterocycles. The van der Waals surface area contributed by atoms with E-state index in [1.165, 1.54) is 12.1 Å². The third kappa shape index (κ3) is 2.31. The smallest absolute Gasteiger partial charge is 0.335 e. The second-order valence-electron chi connectivity index (χ2n) is 2.51. The maximum Gasteiger partial charge on any atom is 0.335 e. The van der Waals surface area contributed by atoms with E-state index >= 15 is 0 Å². The van der Waals surface area contributed by atoms with E-state index in [1.807, 2.05) is 0 Å². The molecule has 1 aromatic carbocycles. The van der Waals surface area contributed by atoms with Gasteiger partial charge in [-0.2, -0.15) is 0 Å². The second kappa shape index (κ2) is 4.40. The lowest BCUT2D eigenvalue weighted by Crippen LogP contribution is -1.98. The SMILES string of the molecule is NCC#Cc1ccc(C(=O)O)cc1F. The van der Waals surface area contributed by atoms with Gasteiger partial charge in [0.05, 0.1) is 17.7 Å². The Morgan fingerprint density at radius 2 is 2.29 bits per heavy atom. The molecule has 72 valence electrons. The van der Waals surface area contributed by atoms with E-state index in [0.717, 1.165) is 6.07 Å². The Kier molecular flexibility index (Phi) is 3.21. The standard InChI is InChI=1S/C10H8FNO2/c11-9-6-8(10(13)14)4-3-7(9)2-1-5-12/h3-4,6H,5,12H2,(H,13,14). The molecule has 0 spiro atoms. The van der Waals surface area contributed by atoms with Crippen molar-refractivity contribution >= 4 is 5.97 Å². The van der Waals surface area contributed by atoms with Crippen LogP contribution in [0, 0.1) is 17.7 Å². The van der Waals surface area contributed by atoms with Crippen molar-refractivity contribution in [3.63, 3.8) is 0 Å². The number of rotatable bonds is 1. The zero-order valence-corrected chi connectivity index (χ0v) is 7.25. The maximum absolute atomic E-state index is 13.1. The van der Waals surface area contributed by atoms with Gasteiger partial charge in [0.15, 0.2) is 0 Å². The fraction of sp³-hybridized carbons (Fsp3) is 0.100. The average Bonchev–Trinajstić information content (AvgIpc) is 2.15. The van der Waals surface area contributed by atoms with Crippen LogP contribution in [0.3, 0.4) is 0 Å². The van der Waals surface area contributed by atoms with Crippen molar-refractivity contribution < 1.29 is 14.3 Å². The zero-order chi connectivity index (χ0) is 10.6. The lowest BCUT2D eigenvalue weighted by atomic mass is 10.1. The lowest BCUT2D eigenvalue weighted by Gasteiger charge is -1.96. The number of nitrogens with two attached hydrogens (primary N) is 1. The summed E-state index contributed by atoms with van der Waals surface area (Å²) in [4.78, 5) is 10.5. The van der Waals surface area contributed by atoms with Crippen LogP contribution >= 0.6 is 0 Å². The summed E-state index contributed by atoms with van der Waals surface area (Å²) in [7, 11) is 0. The molecule has 14 heavy (non-hydrogen) atoms. The molecule has 0 atom stereocenters. The third-order valence-electron chi connectivity index (χ3n) is 1.54. The van der Waals surface area contributed by atoms with Crippen LogP contribution in [-0.4, -0.2) is 17.6 Å². The van der Waals surface area contributed by atoms with Crippen LogP contribution in [0.5, 0.6) is 0 Å². The van der Waals surface area contributed by atoms with Gasteiger partial charge in [0.25, 0.3) is 0 Å². The van der Waals surface area contributed by atoms with Crippen molar-refractivity contribution in [3.8, 4) is 11.8 Å². The van der Waals surface area contributed by atoms with E-state index in [1.54, 1.807) is 0 Å². The number of carbonyl (C=O) groups is 1. The topological polar surface area (TPSA) is 63.3 Å². The molecule has 4 heteroatoms. The summed E-state index contributed by atoms with van der Waals surface area (Å²) in [5.41, 5.74) is 5.17. The second-order valence-corrected chi connectivity index (χ2v) is 2.51. The molecule has 1 rings (SSSR count). The summed E-state index contributed by atoms with van der Waals surface area (Å²) < 4.78 is 13.1. The Labute approximate surface area is 80.4 Å². The number of benzene rings is 1. The first-order valence-corrected chi connectivity index (χ1v) is 3.87. The van der Waals surface area contributed by atoms with Crippen LogP contribution in [0.1, 0.15) is 15.9 Å². The fourth-order valence-electron chi connectivity index (χ4n) is 0.896. The summed E-state index contributed by atoms with van der Waals surface area (Å²) in [5, 5.41) is 8.55. The highest BCUT2D eigenvalue weighted by molar-refractivity contribution is 5.87. The number of carboxylic acid groups (broad SMARTS) is 1. The molecule has 0 bridgehead atoms. The van der Waals surface area contributed by atoms with Gasteiger partial charge in [-0.25, -0.2) is 9.18 Å². The van der Waals surface area contributed by atoms with E-state index < -0.39 is 11.8 Å². The quantitative estimate of drug-likeness (QED) is 0.649. The molecule has 0 heterocycles. The van der Waals surface area contributed by atoms with Gasteiger partial charge in [-0.05, 0) is 18.2 Å². The Morgan fingerprint density at radius 3 is 2.79 bits per heavy atom. The van der Waals surface area contributed by atoms with Crippen molar-refractivity contribution in [1.82, 2.24) is 0 Å². The highest BCUT2D eigenvalue weighted by Gasteiger charge is 2.06. The van der Waals surface area contributed by atoms with Crippen LogP contribution in [0.25, 0.3) is 0 Å². The van der Waals surface area contributed by atoms with E-state index in [-0.39, 0.29) is 17.7 Å². The Balaban J connectivity index is 3.07. The number of halogens is 1. The Bertz CT molecular complexity index is 418. The van der Waals surface area contributed by atoms with Gasteiger partial charge in [0, 0.05) is 0 Å². The van der Waals surface area contributed by atoms with E-state index in [4.69, 9.17) is 10.8 Å². The first-order valence-electron chi connectivity index (χ1n) is 3.87. The monoisotopic (exact) mass is 193 g/mol.